The Bertz CT molecular complexity index is 656. The van der Waals surface area contributed by atoms with Crippen molar-refractivity contribution in [2.24, 2.45) is 0 Å². The lowest BCUT2D eigenvalue weighted by Gasteiger charge is -2.23. The number of aryl methyl sites for hydroxylation is 1. The van der Waals surface area contributed by atoms with Crippen LogP contribution in [0.2, 0.25) is 0 Å². The third-order valence-electron chi connectivity index (χ3n) is 2.96. The van der Waals surface area contributed by atoms with E-state index in [-0.39, 0.29) is 0 Å². The number of aromatic nitrogens is 2. The molecule has 2 aromatic rings. The molecule has 0 aliphatic rings. The molecule has 0 aliphatic carbocycles. The molecule has 0 fully saturated rings. The second-order valence-corrected chi connectivity index (χ2v) is 4.41. The van der Waals surface area contributed by atoms with Crippen LogP contribution in [0.15, 0.2) is 43.2 Å². The molecule has 4 nitrogen and oxygen atoms in total. The number of anilines is 2. The number of pyridine rings is 2. The number of nitrogens with zero attached hydrogens (tertiary/aromatic N) is 4. The number of allylic oxidation sites excluding steroid dienone is 1. The van der Waals surface area contributed by atoms with Crippen LogP contribution in [0.5, 0.6) is 0 Å². The highest BCUT2D eigenvalue weighted by molar-refractivity contribution is 5.83. The smallest absolute Gasteiger partial charge is 0.142 e. The monoisotopic (exact) mass is 264 g/mol. The van der Waals surface area contributed by atoms with Gasteiger partial charge in [0.15, 0.2) is 0 Å². The van der Waals surface area contributed by atoms with Gasteiger partial charge in [-0.15, -0.1) is 0 Å². The van der Waals surface area contributed by atoms with Crippen LogP contribution in [0.1, 0.15) is 18.1 Å². The molecule has 2 heterocycles. The van der Waals surface area contributed by atoms with Gasteiger partial charge in [0.25, 0.3) is 0 Å². The summed E-state index contributed by atoms with van der Waals surface area (Å²) in [5.74, 6) is 1.52. The van der Waals surface area contributed by atoms with Crippen molar-refractivity contribution in [3.8, 4) is 6.07 Å². The lowest BCUT2D eigenvalue weighted by Crippen LogP contribution is -2.20. The second-order valence-electron chi connectivity index (χ2n) is 4.41. The minimum absolute atomic E-state index is 0.408. The molecule has 0 saturated heterocycles. The maximum absolute atomic E-state index is 9.12. The molecule has 0 aromatic carbocycles. The van der Waals surface area contributed by atoms with Crippen LogP contribution in [-0.4, -0.2) is 16.5 Å². The molecule has 0 amide bonds. The van der Waals surface area contributed by atoms with Crippen LogP contribution in [0, 0.1) is 18.3 Å². The summed E-state index contributed by atoms with van der Waals surface area (Å²) in [5.41, 5.74) is 2.16. The van der Waals surface area contributed by atoms with Crippen molar-refractivity contribution in [1.29, 1.82) is 5.26 Å². The van der Waals surface area contributed by atoms with Crippen LogP contribution in [0.4, 0.5) is 11.6 Å². The first-order chi connectivity index (χ1) is 9.67. The van der Waals surface area contributed by atoms with Crippen LogP contribution >= 0.6 is 0 Å². The molecule has 4 heteroatoms. The minimum atomic E-state index is 0.408. The highest BCUT2D eigenvalue weighted by Gasteiger charge is 2.16. The van der Waals surface area contributed by atoms with Crippen molar-refractivity contribution in [1.82, 2.24) is 9.97 Å². The Labute approximate surface area is 119 Å². The molecule has 0 saturated carbocycles. The van der Waals surface area contributed by atoms with Gasteiger partial charge < -0.3 is 4.90 Å². The molecule has 0 radical (unpaired) electrons. The fourth-order valence-electron chi connectivity index (χ4n) is 1.99. The van der Waals surface area contributed by atoms with Crippen molar-refractivity contribution in [2.75, 3.05) is 11.4 Å². The first-order valence-corrected chi connectivity index (χ1v) is 6.42. The van der Waals surface area contributed by atoms with Crippen LogP contribution in [0.3, 0.4) is 0 Å². The van der Waals surface area contributed by atoms with Gasteiger partial charge in [-0.3, -0.25) is 0 Å². The summed E-state index contributed by atoms with van der Waals surface area (Å²) in [6.45, 7) is 8.48. The van der Waals surface area contributed by atoms with Crippen LogP contribution in [0.25, 0.3) is 5.57 Å². The van der Waals surface area contributed by atoms with Gasteiger partial charge in [0.2, 0.25) is 0 Å². The zero-order valence-corrected chi connectivity index (χ0v) is 11.7. The summed E-state index contributed by atoms with van der Waals surface area (Å²) in [7, 11) is 0. The Morgan fingerprint density at radius 3 is 2.80 bits per heavy atom. The zero-order valence-electron chi connectivity index (χ0n) is 11.7. The highest BCUT2D eigenvalue weighted by atomic mass is 15.2. The molecule has 0 aliphatic heterocycles. The van der Waals surface area contributed by atoms with Crippen molar-refractivity contribution in [3.05, 3.63) is 54.4 Å². The maximum atomic E-state index is 9.12. The summed E-state index contributed by atoms with van der Waals surface area (Å²) < 4.78 is 0. The Kier molecular flexibility index (Phi) is 4.11. The second kappa shape index (κ2) is 5.98. The van der Waals surface area contributed by atoms with E-state index in [2.05, 4.69) is 22.6 Å². The summed E-state index contributed by atoms with van der Waals surface area (Å²) >= 11 is 0. The first-order valence-electron chi connectivity index (χ1n) is 6.42. The van der Waals surface area contributed by atoms with Crippen LogP contribution in [-0.2, 0) is 0 Å². The van der Waals surface area contributed by atoms with Gasteiger partial charge in [-0.25, -0.2) is 9.97 Å². The van der Waals surface area contributed by atoms with Crippen molar-refractivity contribution < 1.29 is 0 Å². The third kappa shape index (κ3) is 2.67. The molecular weight excluding hydrogens is 248 g/mol. The van der Waals surface area contributed by atoms with Gasteiger partial charge in [-0.05, 0) is 37.6 Å². The molecular formula is C16H16N4. The predicted molar refractivity (Wildman–Crippen MR) is 80.5 cm³/mol. The molecule has 0 bridgehead atoms. The van der Waals surface area contributed by atoms with Crippen molar-refractivity contribution in [2.45, 2.75) is 13.8 Å². The topological polar surface area (TPSA) is 52.8 Å². The number of hydrogen-bond donors (Lipinski definition) is 0. The quantitative estimate of drug-likeness (QED) is 0.793. The molecule has 20 heavy (non-hydrogen) atoms. The fourth-order valence-corrected chi connectivity index (χ4v) is 1.99. The number of rotatable bonds is 4. The first kappa shape index (κ1) is 13.8. The molecule has 2 aromatic heterocycles. The van der Waals surface area contributed by atoms with Gasteiger partial charge in [0.05, 0.1) is 11.6 Å². The summed E-state index contributed by atoms with van der Waals surface area (Å²) in [5, 5.41) is 9.12. The van der Waals surface area contributed by atoms with E-state index in [9.17, 15) is 0 Å². The van der Waals surface area contributed by atoms with E-state index >= 15 is 0 Å². The Hall–Kier alpha value is -2.67. The predicted octanol–water partition coefficient (Wildman–Crippen LogP) is 3.48. The van der Waals surface area contributed by atoms with E-state index in [1.807, 2.05) is 43.0 Å². The minimum Gasteiger partial charge on any atom is -0.311 e. The van der Waals surface area contributed by atoms with E-state index in [1.54, 1.807) is 12.4 Å². The van der Waals surface area contributed by atoms with E-state index in [0.717, 1.165) is 16.9 Å². The fraction of sp³-hybridized carbons (Fsp3) is 0.188. The van der Waals surface area contributed by atoms with Gasteiger partial charge in [-0.2, -0.15) is 5.26 Å². The Balaban J connectivity index is 2.56. The lowest BCUT2D eigenvalue weighted by atomic mass is 10.1. The largest absolute Gasteiger partial charge is 0.311 e. The van der Waals surface area contributed by atoms with Crippen molar-refractivity contribution >= 4 is 17.2 Å². The number of hydrogen-bond acceptors (Lipinski definition) is 4. The average Bonchev–Trinajstić information content (AvgIpc) is 2.49. The Morgan fingerprint density at radius 1 is 1.40 bits per heavy atom. The normalized spacial score (nSPS) is 9.85. The molecule has 0 N–H and O–H groups in total. The molecule has 0 unspecified atom stereocenters. The van der Waals surface area contributed by atoms with Gasteiger partial charge in [0.1, 0.15) is 11.6 Å². The third-order valence-corrected chi connectivity index (χ3v) is 2.96. The summed E-state index contributed by atoms with van der Waals surface area (Å²) in [6.07, 6.45) is 3.53. The van der Waals surface area contributed by atoms with E-state index in [4.69, 9.17) is 5.26 Å². The average molecular weight is 264 g/mol. The standard InChI is InChI=1S/C16H16N4/c1-4-20(15-7-5-6-8-18-15)16-14(13(3)10-17)9-12(2)11-19-16/h5-9,11H,3-4H2,1-2H3. The summed E-state index contributed by atoms with van der Waals surface area (Å²) in [6, 6.07) is 9.75. The van der Waals surface area contributed by atoms with E-state index < -0.39 is 0 Å². The number of nitriles is 1. The Morgan fingerprint density at radius 2 is 2.20 bits per heavy atom. The molecule has 0 atom stereocenters. The molecule has 2 rings (SSSR count). The van der Waals surface area contributed by atoms with Gasteiger partial charge in [0, 0.05) is 24.5 Å². The highest BCUT2D eigenvalue weighted by Crippen LogP contribution is 2.29. The summed E-state index contributed by atoms with van der Waals surface area (Å²) in [4.78, 5) is 10.8. The molecule has 100 valence electrons. The molecule has 0 spiro atoms. The van der Waals surface area contributed by atoms with Crippen LogP contribution < -0.4 is 4.90 Å². The zero-order chi connectivity index (χ0) is 14.5. The van der Waals surface area contributed by atoms with Gasteiger partial charge in [-0.1, -0.05) is 12.6 Å². The van der Waals surface area contributed by atoms with Crippen molar-refractivity contribution in [3.63, 3.8) is 0 Å². The van der Waals surface area contributed by atoms with E-state index in [0.29, 0.717) is 17.9 Å². The van der Waals surface area contributed by atoms with E-state index in [1.165, 1.54) is 0 Å². The maximum Gasteiger partial charge on any atom is 0.142 e. The van der Waals surface area contributed by atoms with Gasteiger partial charge >= 0.3 is 0 Å². The SMILES string of the molecule is C=C(C#N)c1cc(C)cnc1N(CC)c1ccccn1. The lowest BCUT2D eigenvalue weighted by molar-refractivity contribution is 0.956.